The van der Waals surface area contributed by atoms with E-state index in [9.17, 15) is 4.79 Å². The molecule has 1 rings (SSSR count). The Labute approximate surface area is 98.9 Å². The van der Waals surface area contributed by atoms with Crippen LogP contribution in [0.5, 0.6) is 0 Å². The van der Waals surface area contributed by atoms with Crippen molar-refractivity contribution in [3.63, 3.8) is 0 Å². The van der Waals surface area contributed by atoms with Crippen LogP contribution in [0.25, 0.3) is 0 Å². The maximum atomic E-state index is 11.0. The zero-order chi connectivity index (χ0) is 11.8. The van der Waals surface area contributed by atoms with Crippen LogP contribution in [0, 0.1) is 5.92 Å². The van der Waals surface area contributed by atoms with Crippen LogP contribution in [-0.2, 0) is 9.53 Å². The maximum absolute atomic E-state index is 11.0. The highest BCUT2D eigenvalue weighted by molar-refractivity contribution is 5.69. The molecule has 2 unspecified atom stereocenters. The minimum Gasteiger partial charge on any atom is -0.466 e. The van der Waals surface area contributed by atoms with Crippen molar-refractivity contribution in [3.05, 3.63) is 0 Å². The molecule has 1 saturated carbocycles. The van der Waals surface area contributed by atoms with Gasteiger partial charge in [-0.3, -0.25) is 4.79 Å². The predicted octanol–water partition coefficient (Wildman–Crippen LogP) is 2.50. The first kappa shape index (κ1) is 13.5. The summed E-state index contributed by atoms with van der Waals surface area (Å²) in [5.74, 6) is 0.878. The summed E-state index contributed by atoms with van der Waals surface area (Å²) >= 11 is 0. The molecule has 1 N–H and O–H groups in total. The summed E-state index contributed by atoms with van der Waals surface area (Å²) in [7, 11) is 0. The topological polar surface area (TPSA) is 38.3 Å². The molecule has 0 bridgehead atoms. The normalized spacial score (nSPS) is 23.1. The average Bonchev–Trinajstić information content (AvgIpc) is 3.02. The van der Waals surface area contributed by atoms with Crippen LogP contribution in [0.15, 0.2) is 0 Å². The molecule has 0 spiro atoms. The Bertz CT molecular complexity index is 206. The Morgan fingerprint density at radius 2 is 2.12 bits per heavy atom. The molecule has 0 radical (unpaired) electrons. The largest absolute Gasteiger partial charge is 0.466 e. The zero-order valence-electron chi connectivity index (χ0n) is 10.6. The van der Waals surface area contributed by atoms with E-state index < -0.39 is 0 Å². The fourth-order valence-corrected chi connectivity index (χ4v) is 2.04. The summed E-state index contributed by atoms with van der Waals surface area (Å²) < 4.78 is 4.87. The summed E-state index contributed by atoms with van der Waals surface area (Å²) in [6, 6.07) is 0.787. The van der Waals surface area contributed by atoms with Gasteiger partial charge in [0.15, 0.2) is 0 Å². The highest BCUT2D eigenvalue weighted by Crippen LogP contribution is 2.32. The van der Waals surface area contributed by atoms with Crippen molar-refractivity contribution in [2.45, 2.75) is 58.4 Å². The number of unbranched alkanes of at least 4 members (excludes halogenated alkanes) is 2. The maximum Gasteiger partial charge on any atom is 0.305 e. The van der Waals surface area contributed by atoms with Gasteiger partial charge < -0.3 is 10.1 Å². The Morgan fingerprint density at radius 3 is 2.75 bits per heavy atom. The minimum atomic E-state index is -0.0521. The van der Waals surface area contributed by atoms with Crippen molar-refractivity contribution >= 4 is 5.97 Å². The Balaban J connectivity index is 1.80. The van der Waals surface area contributed by atoms with Crippen molar-refractivity contribution in [1.29, 1.82) is 0 Å². The van der Waals surface area contributed by atoms with Gasteiger partial charge in [-0.2, -0.15) is 0 Å². The first-order chi connectivity index (χ1) is 7.77. The number of esters is 1. The molecule has 3 nitrogen and oxygen atoms in total. The number of rotatable bonds is 9. The lowest BCUT2D eigenvalue weighted by Gasteiger charge is -2.04. The van der Waals surface area contributed by atoms with Gasteiger partial charge in [0, 0.05) is 12.5 Å². The van der Waals surface area contributed by atoms with Crippen LogP contribution in [-0.4, -0.2) is 25.2 Å². The molecular formula is C13H25NO2. The number of carbonyl (C=O) groups is 1. The van der Waals surface area contributed by atoms with Gasteiger partial charge in [0.1, 0.15) is 0 Å². The van der Waals surface area contributed by atoms with Crippen LogP contribution in [0.1, 0.15) is 52.4 Å². The van der Waals surface area contributed by atoms with E-state index in [1.807, 2.05) is 6.92 Å². The van der Waals surface area contributed by atoms with E-state index in [2.05, 4.69) is 12.2 Å². The van der Waals surface area contributed by atoms with Gasteiger partial charge in [0.2, 0.25) is 0 Å². The SMILES string of the molecule is CCOC(=O)CCCCCNC1CC1CC. The molecule has 0 aromatic rings. The van der Waals surface area contributed by atoms with E-state index >= 15 is 0 Å². The Morgan fingerprint density at radius 1 is 1.31 bits per heavy atom. The predicted molar refractivity (Wildman–Crippen MR) is 65.3 cm³/mol. The molecule has 94 valence electrons. The lowest BCUT2D eigenvalue weighted by atomic mass is 10.2. The monoisotopic (exact) mass is 227 g/mol. The molecule has 0 heterocycles. The van der Waals surface area contributed by atoms with E-state index in [1.54, 1.807) is 0 Å². The van der Waals surface area contributed by atoms with Gasteiger partial charge in [0.05, 0.1) is 6.61 Å². The van der Waals surface area contributed by atoms with Gasteiger partial charge >= 0.3 is 5.97 Å². The van der Waals surface area contributed by atoms with E-state index in [1.165, 1.54) is 19.3 Å². The van der Waals surface area contributed by atoms with E-state index in [-0.39, 0.29) is 5.97 Å². The summed E-state index contributed by atoms with van der Waals surface area (Å²) in [6.45, 7) is 5.71. The lowest BCUT2D eigenvalue weighted by Crippen LogP contribution is -2.19. The fraction of sp³-hybridized carbons (Fsp3) is 0.923. The van der Waals surface area contributed by atoms with Crippen LogP contribution >= 0.6 is 0 Å². The van der Waals surface area contributed by atoms with Crippen LogP contribution in [0.4, 0.5) is 0 Å². The number of hydrogen-bond acceptors (Lipinski definition) is 3. The van der Waals surface area contributed by atoms with Crippen molar-refractivity contribution in [1.82, 2.24) is 5.32 Å². The summed E-state index contributed by atoms with van der Waals surface area (Å²) in [6.07, 6.45) is 6.50. The first-order valence-corrected chi connectivity index (χ1v) is 6.66. The lowest BCUT2D eigenvalue weighted by molar-refractivity contribution is -0.143. The molecule has 0 aromatic heterocycles. The van der Waals surface area contributed by atoms with E-state index in [4.69, 9.17) is 4.74 Å². The van der Waals surface area contributed by atoms with Crippen LogP contribution in [0.3, 0.4) is 0 Å². The highest BCUT2D eigenvalue weighted by Gasteiger charge is 2.34. The smallest absolute Gasteiger partial charge is 0.305 e. The Kier molecular flexibility index (Phi) is 6.46. The summed E-state index contributed by atoms with van der Waals surface area (Å²) in [5, 5.41) is 3.55. The van der Waals surface area contributed by atoms with Gasteiger partial charge in [-0.05, 0) is 38.6 Å². The number of hydrogen-bond donors (Lipinski definition) is 1. The van der Waals surface area contributed by atoms with Crippen molar-refractivity contribution in [3.8, 4) is 0 Å². The number of carbonyl (C=O) groups excluding carboxylic acids is 1. The molecule has 0 amide bonds. The molecule has 3 heteroatoms. The molecular weight excluding hydrogens is 202 g/mol. The second-order valence-corrected chi connectivity index (χ2v) is 4.58. The van der Waals surface area contributed by atoms with Crippen molar-refractivity contribution in [2.24, 2.45) is 5.92 Å². The molecule has 1 aliphatic rings. The van der Waals surface area contributed by atoms with Crippen molar-refractivity contribution < 1.29 is 9.53 Å². The standard InChI is InChI=1S/C13H25NO2/c1-3-11-10-12(11)14-9-7-5-6-8-13(15)16-4-2/h11-12,14H,3-10H2,1-2H3. The van der Waals surface area contributed by atoms with Crippen LogP contribution < -0.4 is 5.32 Å². The molecule has 0 aliphatic heterocycles. The van der Waals surface area contributed by atoms with Crippen LogP contribution in [0.2, 0.25) is 0 Å². The molecule has 1 aliphatic carbocycles. The van der Waals surface area contributed by atoms with Gasteiger partial charge in [-0.25, -0.2) is 0 Å². The van der Waals surface area contributed by atoms with Crippen molar-refractivity contribution in [2.75, 3.05) is 13.2 Å². The molecule has 0 aromatic carbocycles. The third kappa shape index (κ3) is 5.50. The van der Waals surface area contributed by atoms with E-state index in [0.717, 1.165) is 31.3 Å². The van der Waals surface area contributed by atoms with Gasteiger partial charge in [-0.15, -0.1) is 0 Å². The second kappa shape index (κ2) is 7.66. The third-order valence-corrected chi connectivity index (χ3v) is 3.22. The third-order valence-electron chi connectivity index (χ3n) is 3.22. The van der Waals surface area contributed by atoms with Gasteiger partial charge in [0.25, 0.3) is 0 Å². The summed E-state index contributed by atoms with van der Waals surface area (Å²) in [5.41, 5.74) is 0. The quantitative estimate of drug-likeness (QED) is 0.486. The average molecular weight is 227 g/mol. The minimum absolute atomic E-state index is 0.0521. The highest BCUT2D eigenvalue weighted by atomic mass is 16.5. The van der Waals surface area contributed by atoms with Gasteiger partial charge in [-0.1, -0.05) is 19.8 Å². The zero-order valence-corrected chi connectivity index (χ0v) is 10.6. The summed E-state index contributed by atoms with van der Waals surface area (Å²) in [4.78, 5) is 11.0. The second-order valence-electron chi connectivity index (χ2n) is 4.58. The number of ether oxygens (including phenoxy) is 1. The fourth-order valence-electron chi connectivity index (χ4n) is 2.04. The molecule has 2 atom stereocenters. The number of nitrogens with one attached hydrogen (secondary N) is 1. The molecule has 16 heavy (non-hydrogen) atoms. The first-order valence-electron chi connectivity index (χ1n) is 6.66. The Hall–Kier alpha value is -0.570. The molecule has 0 saturated heterocycles. The van der Waals surface area contributed by atoms with E-state index in [0.29, 0.717) is 13.0 Å². The molecule has 1 fully saturated rings.